The van der Waals surface area contributed by atoms with E-state index in [0.717, 1.165) is 29.0 Å². The summed E-state index contributed by atoms with van der Waals surface area (Å²) < 4.78 is 10.9. The van der Waals surface area contributed by atoms with Crippen LogP contribution in [-0.4, -0.2) is 13.7 Å². The quantitative estimate of drug-likeness (QED) is 0.723. The summed E-state index contributed by atoms with van der Waals surface area (Å²) >= 11 is 6.56. The van der Waals surface area contributed by atoms with Crippen LogP contribution in [0.15, 0.2) is 48.5 Å². The molecule has 20 heavy (non-hydrogen) atoms. The van der Waals surface area contributed by atoms with Crippen molar-refractivity contribution >= 4 is 11.6 Å². The molecule has 2 aromatic carbocycles. The summed E-state index contributed by atoms with van der Waals surface area (Å²) in [5, 5.41) is -0.121. The number of hydrogen-bond acceptors (Lipinski definition) is 2. The van der Waals surface area contributed by atoms with E-state index in [4.69, 9.17) is 21.1 Å². The Morgan fingerprint density at radius 1 is 1.10 bits per heavy atom. The van der Waals surface area contributed by atoms with Crippen molar-refractivity contribution < 1.29 is 9.47 Å². The first kappa shape index (κ1) is 14.7. The van der Waals surface area contributed by atoms with E-state index in [-0.39, 0.29) is 5.38 Å². The van der Waals surface area contributed by atoms with Gasteiger partial charge in [-0.05, 0) is 37.1 Å². The van der Waals surface area contributed by atoms with Gasteiger partial charge in [-0.15, -0.1) is 11.6 Å². The zero-order chi connectivity index (χ0) is 14.4. The summed E-state index contributed by atoms with van der Waals surface area (Å²) in [6, 6.07) is 15.9. The third-order valence-corrected chi connectivity index (χ3v) is 3.49. The van der Waals surface area contributed by atoms with Crippen molar-refractivity contribution in [3.05, 3.63) is 59.7 Å². The van der Waals surface area contributed by atoms with Crippen molar-refractivity contribution in [3.63, 3.8) is 0 Å². The fourth-order valence-corrected chi connectivity index (χ4v) is 2.50. The molecule has 0 aliphatic heterocycles. The number of hydrogen-bond donors (Lipinski definition) is 0. The molecule has 0 radical (unpaired) electrons. The minimum absolute atomic E-state index is 0.121. The van der Waals surface area contributed by atoms with Crippen molar-refractivity contribution in [2.24, 2.45) is 0 Å². The molecular weight excluding hydrogens is 272 g/mol. The second kappa shape index (κ2) is 7.20. The number of alkyl halides is 1. The topological polar surface area (TPSA) is 18.5 Å². The highest BCUT2D eigenvalue weighted by Gasteiger charge is 2.14. The molecule has 2 rings (SSSR count). The van der Waals surface area contributed by atoms with E-state index in [1.54, 1.807) is 7.11 Å². The van der Waals surface area contributed by atoms with Gasteiger partial charge < -0.3 is 9.47 Å². The summed E-state index contributed by atoms with van der Waals surface area (Å²) in [4.78, 5) is 0. The van der Waals surface area contributed by atoms with Crippen molar-refractivity contribution in [2.75, 3.05) is 13.7 Å². The average Bonchev–Trinajstić information content (AvgIpc) is 2.48. The molecule has 0 spiro atoms. The maximum Gasteiger partial charge on any atom is 0.123 e. The lowest BCUT2D eigenvalue weighted by atomic mass is 10.0. The Kier molecular flexibility index (Phi) is 5.31. The highest BCUT2D eigenvalue weighted by molar-refractivity contribution is 6.21. The van der Waals surface area contributed by atoms with Gasteiger partial charge in [0, 0.05) is 5.56 Å². The Hall–Kier alpha value is -1.67. The van der Waals surface area contributed by atoms with Gasteiger partial charge in [0.15, 0.2) is 0 Å². The Labute approximate surface area is 125 Å². The van der Waals surface area contributed by atoms with E-state index in [1.807, 2.05) is 49.4 Å². The summed E-state index contributed by atoms with van der Waals surface area (Å²) in [5.41, 5.74) is 2.18. The van der Waals surface area contributed by atoms with Gasteiger partial charge in [0.2, 0.25) is 0 Å². The van der Waals surface area contributed by atoms with Crippen molar-refractivity contribution in [1.82, 2.24) is 0 Å². The first-order valence-corrected chi connectivity index (χ1v) is 7.17. The van der Waals surface area contributed by atoms with Crippen LogP contribution in [0.3, 0.4) is 0 Å². The molecule has 0 aromatic heterocycles. The summed E-state index contributed by atoms with van der Waals surface area (Å²) in [7, 11) is 1.67. The van der Waals surface area contributed by atoms with Gasteiger partial charge in [-0.1, -0.05) is 30.3 Å². The number of benzene rings is 2. The minimum Gasteiger partial charge on any atom is -0.497 e. The molecule has 0 amide bonds. The number of para-hydroxylation sites is 1. The lowest BCUT2D eigenvalue weighted by Crippen LogP contribution is -2.01. The van der Waals surface area contributed by atoms with Crippen LogP contribution in [0.1, 0.15) is 23.4 Å². The second-order valence-corrected chi connectivity index (χ2v) is 5.02. The second-order valence-electron chi connectivity index (χ2n) is 4.49. The van der Waals surface area contributed by atoms with Gasteiger partial charge in [-0.25, -0.2) is 0 Å². The number of halogens is 1. The van der Waals surface area contributed by atoms with Crippen LogP contribution >= 0.6 is 11.6 Å². The fourth-order valence-electron chi connectivity index (χ4n) is 2.14. The third-order valence-electron chi connectivity index (χ3n) is 3.11. The van der Waals surface area contributed by atoms with Crippen LogP contribution in [0.2, 0.25) is 0 Å². The van der Waals surface area contributed by atoms with Crippen molar-refractivity contribution in [3.8, 4) is 11.5 Å². The molecule has 0 heterocycles. The van der Waals surface area contributed by atoms with Gasteiger partial charge >= 0.3 is 0 Å². The molecule has 0 aliphatic carbocycles. The monoisotopic (exact) mass is 290 g/mol. The minimum atomic E-state index is -0.121. The zero-order valence-corrected chi connectivity index (χ0v) is 12.6. The number of ether oxygens (including phenoxy) is 2. The molecule has 0 saturated carbocycles. The maximum atomic E-state index is 6.56. The summed E-state index contributed by atoms with van der Waals surface area (Å²) in [6.07, 6.45) is 0.739. The van der Waals surface area contributed by atoms with E-state index < -0.39 is 0 Å². The first-order chi connectivity index (χ1) is 9.74. The lowest BCUT2D eigenvalue weighted by molar-refractivity contribution is 0.336. The zero-order valence-electron chi connectivity index (χ0n) is 11.8. The Morgan fingerprint density at radius 2 is 1.90 bits per heavy atom. The van der Waals surface area contributed by atoms with Crippen LogP contribution in [0, 0.1) is 0 Å². The van der Waals surface area contributed by atoms with Gasteiger partial charge in [-0.2, -0.15) is 0 Å². The molecule has 0 bridgehead atoms. The van der Waals surface area contributed by atoms with Crippen LogP contribution < -0.4 is 9.47 Å². The van der Waals surface area contributed by atoms with Crippen LogP contribution in [0.4, 0.5) is 0 Å². The standard InChI is InChI=1S/C17H19ClO2/c1-3-20-17-10-5-4-9-15(17)16(18)12-13-7-6-8-14(11-13)19-2/h4-11,16H,3,12H2,1-2H3. The molecular formula is C17H19ClO2. The summed E-state index contributed by atoms with van der Waals surface area (Å²) in [6.45, 7) is 2.61. The van der Waals surface area contributed by atoms with Gasteiger partial charge in [0.1, 0.15) is 11.5 Å². The Bertz CT molecular complexity index is 554. The van der Waals surface area contributed by atoms with Gasteiger partial charge in [0.05, 0.1) is 19.1 Å². The molecule has 106 valence electrons. The largest absolute Gasteiger partial charge is 0.497 e. The van der Waals surface area contributed by atoms with E-state index in [0.29, 0.717) is 6.61 Å². The molecule has 1 atom stereocenters. The summed E-state index contributed by atoms with van der Waals surface area (Å²) in [5.74, 6) is 1.71. The molecule has 0 fully saturated rings. The van der Waals surface area contributed by atoms with E-state index in [9.17, 15) is 0 Å². The van der Waals surface area contributed by atoms with Crippen molar-refractivity contribution in [1.29, 1.82) is 0 Å². The fraction of sp³-hybridized carbons (Fsp3) is 0.294. The molecule has 1 unspecified atom stereocenters. The third kappa shape index (κ3) is 3.67. The predicted molar refractivity (Wildman–Crippen MR) is 82.9 cm³/mol. The van der Waals surface area contributed by atoms with E-state index in [1.165, 1.54) is 0 Å². The molecule has 2 nitrogen and oxygen atoms in total. The smallest absolute Gasteiger partial charge is 0.123 e. The molecule has 2 aromatic rings. The van der Waals surface area contributed by atoms with Crippen molar-refractivity contribution in [2.45, 2.75) is 18.7 Å². The first-order valence-electron chi connectivity index (χ1n) is 6.73. The van der Waals surface area contributed by atoms with E-state index in [2.05, 4.69) is 6.07 Å². The highest BCUT2D eigenvalue weighted by Crippen LogP contribution is 2.32. The van der Waals surface area contributed by atoms with Crippen LogP contribution in [0.25, 0.3) is 0 Å². The van der Waals surface area contributed by atoms with Gasteiger partial charge in [-0.3, -0.25) is 0 Å². The highest BCUT2D eigenvalue weighted by atomic mass is 35.5. The number of rotatable bonds is 6. The Morgan fingerprint density at radius 3 is 2.65 bits per heavy atom. The number of methoxy groups -OCH3 is 1. The Balaban J connectivity index is 2.17. The van der Waals surface area contributed by atoms with Crippen LogP contribution in [-0.2, 0) is 6.42 Å². The lowest BCUT2D eigenvalue weighted by Gasteiger charge is -2.15. The molecule has 0 aliphatic rings. The van der Waals surface area contributed by atoms with Crippen LogP contribution in [0.5, 0.6) is 11.5 Å². The predicted octanol–water partition coefficient (Wildman–Crippen LogP) is 4.62. The SMILES string of the molecule is CCOc1ccccc1C(Cl)Cc1cccc(OC)c1. The normalized spacial score (nSPS) is 11.9. The van der Waals surface area contributed by atoms with E-state index >= 15 is 0 Å². The molecule has 0 saturated heterocycles. The maximum absolute atomic E-state index is 6.56. The average molecular weight is 291 g/mol. The molecule has 0 N–H and O–H groups in total. The molecule has 3 heteroatoms. The van der Waals surface area contributed by atoms with Gasteiger partial charge in [0.25, 0.3) is 0 Å².